The van der Waals surface area contributed by atoms with Crippen molar-refractivity contribution in [3.8, 4) is 0 Å². The second-order valence-electron chi connectivity index (χ2n) is 4.56. The SMILES string of the molecule is CCCNC1=CC(=O)c2cccc3cccc1c23. The fourth-order valence-corrected chi connectivity index (χ4v) is 2.46. The molecular formula is C16H15NO. The molecule has 0 saturated carbocycles. The molecular weight excluding hydrogens is 222 g/mol. The number of hydrogen-bond donors (Lipinski definition) is 1. The summed E-state index contributed by atoms with van der Waals surface area (Å²) in [4.78, 5) is 12.1. The standard InChI is InChI=1S/C16H15NO/c1-2-9-17-14-10-15(18)13-8-4-6-11-5-3-7-12(14)16(11)13/h3-8,10,17H,2,9H2,1H3. The maximum absolute atomic E-state index is 12.1. The van der Waals surface area contributed by atoms with Crippen molar-refractivity contribution < 1.29 is 4.79 Å². The highest BCUT2D eigenvalue weighted by molar-refractivity contribution is 6.21. The molecule has 0 atom stereocenters. The molecule has 2 nitrogen and oxygen atoms in total. The molecule has 0 amide bonds. The van der Waals surface area contributed by atoms with E-state index in [1.165, 1.54) is 0 Å². The summed E-state index contributed by atoms with van der Waals surface area (Å²) in [6.07, 6.45) is 2.76. The topological polar surface area (TPSA) is 29.1 Å². The quantitative estimate of drug-likeness (QED) is 0.886. The highest BCUT2D eigenvalue weighted by Gasteiger charge is 2.19. The fourth-order valence-electron chi connectivity index (χ4n) is 2.46. The second kappa shape index (κ2) is 4.30. The van der Waals surface area contributed by atoms with Gasteiger partial charge in [-0.2, -0.15) is 0 Å². The molecule has 1 N–H and O–H groups in total. The van der Waals surface area contributed by atoms with Crippen LogP contribution in [-0.4, -0.2) is 12.3 Å². The van der Waals surface area contributed by atoms with Gasteiger partial charge >= 0.3 is 0 Å². The molecule has 0 fully saturated rings. The van der Waals surface area contributed by atoms with Crippen molar-refractivity contribution >= 4 is 22.3 Å². The number of nitrogens with one attached hydrogen (secondary N) is 1. The van der Waals surface area contributed by atoms with Gasteiger partial charge in [-0.1, -0.05) is 43.3 Å². The van der Waals surface area contributed by atoms with Gasteiger partial charge in [0.1, 0.15) is 0 Å². The largest absolute Gasteiger partial charge is 0.384 e. The molecule has 2 aromatic rings. The molecule has 0 unspecified atom stereocenters. The number of ketones is 1. The van der Waals surface area contributed by atoms with Gasteiger partial charge in [-0.15, -0.1) is 0 Å². The first kappa shape index (κ1) is 11.0. The lowest BCUT2D eigenvalue weighted by atomic mass is 9.90. The van der Waals surface area contributed by atoms with Crippen LogP contribution in [0.3, 0.4) is 0 Å². The number of rotatable bonds is 3. The van der Waals surface area contributed by atoms with Gasteiger partial charge in [0.05, 0.1) is 0 Å². The monoisotopic (exact) mass is 237 g/mol. The van der Waals surface area contributed by atoms with Crippen molar-refractivity contribution in [3.05, 3.63) is 53.6 Å². The minimum Gasteiger partial charge on any atom is -0.384 e. The number of benzene rings is 2. The first-order chi connectivity index (χ1) is 8.81. The average molecular weight is 237 g/mol. The van der Waals surface area contributed by atoms with Crippen molar-refractivity contribution in [1.82, 2.24) is 5.32 Å². The number of hydrogen-bond acceptors (Lipinski definition) is 2. The van der Waals surface area contributed by atoms with E-state index in [1.807, 2.05) is 18.2 Å². The van der Waals surface area contributed by atoms with E-state index in [0.717, 1.165) is 40.6 Å². The molecule has 3 rings (SSSR count). The van der Waals surface area contributed by atoms with Crippen LogP contribution >= 0.6 is 0 Å². The molecule has 0 aliphatic heterocycles. The Bertz CT molecular complexity index is 650. The number of carbonyl (C=O) groups is 1. The van der Waals surface area contributed by atoms with Crippen molar-refractivity contribution in [2.75, 3.05) is 6.54 Å². The van der Waals surface area contributed by atoms with Crippen LogP contribution in [0.15, 0.2) is 42.5 Å². The molecule has 18 heavy (non-hydrogen) atoms. The maximum atomic E-state index is 12.1. The third-order valence-corrected chi connectivity index (χ3v) is 3.30. The molecule has 0 bridgehead atoms. The minimum atomic E-state index is 0.0953. The summed E-state index contributed by atoms with van der Waals surface area (Å²) in [6.45, 7) is 3.00. The number of allylic oxidation sites excluding steroid dienone is 1. The average Bonchev–Trinajstić information content (AvgIpc) is 2.41. The summed E-state index contributed by atoms with van der Waals surface area (Å²) in [6, 6.07) is 12.1. The van der Waals surface area contributed by atoms with E-state index in [1.54, 1.807) is 6.08 Å². The van der Waals surface area contributed by atoms with Gasteiger partial charge < -0.3 is 5.32 Å². The van der Waals surface area contributed by atoms with Crippen LogP contribution in [0.1, 0.15) is 29.3 Å². The zero-order chi connectivity index (χ0) is 12.5. The first-order valence-corrected chi connectivity index (χ1v) is 6.33. The van der Waals surface area contributed by atoms with Gasteiger partial charge in [0.25, 0.3) is 0 Å². The van der Waals surface area contributed by atoms with Gasteiger partial charge in [-0.3, -0.25) is 4.79 Å². The molecule has 1 aliphatic carbocycles. The van der Waals surface area contributed by atoms with E-state index in [4.69, 9.17) is 0 Å². The Hall–Kier alpha value is -2.09. The summed E-state index contributed by atoms with van der Waals surface area (Å²) in [5.41, 5.74) is 2.90. The van der Waals surface area contributed by atoms with E-state index in [0.29, 0.717) is 0 Å². The Labute approximate surface area is 106 Å². The lowest BCUT2D eigenvalue weighted by molar-refractivity contribution is 0.104. The van der Waals surface area contributed by atoms with E-state index in [-0.39, 0.29) is 5.78 Å². The molecule has 0 radical (unpaired) electrons. The highest BCUT2D eigenvalue weighted by Crippen LogP contribution is 2.31. The Morgan fingerprint density at radius 1 is 1.06 bits per heavy atom. The summed E-state index contributed by atoms with van der Waals surface area (Å²) >= 11 is 0. The van der Waals surface area contributed by atoms with E-state index in [9.17, 15) is 4.79 Å². The van der Waals surface area contributed by atoms with Gasteiger partial charge in [0, 0.05) is 34.8 Å². The second-order valence-corrected chi connectivity index (χ2v) is 4.56. The van der Waals surface area contributed by atoms with Crippen LogP contribution in [0.5, 0.6) is 0 Å². The highest BCUT2D eigenvalue weighted by atomic mass is 16.1. The summed E-state index contributed by atoms with van der Waals surface area (Å²) in [7, 11) is 0. The third kappa shape index (κ3) is 1.61. The van der Waals surface area contributed by atoms with Gasteiger partial charge in [0.2, 0.25) is 0 Å². The van der Waals surface area contributed by atoms with Crippen LogP contribution in [0, 0.1) is 0 Å². The first-order valence-electron chi connectivity index (χ1n) is 6.33. The molecule has 2 aromatic carbocycles. The third-order valence-electron chi connectivity index (χ3n) is 3.30. The Morgan fingerprint density at radius 2 is 1.78 bits per heavy atom. The summed E-state index contributed by atoms with van der Waals surface area (Å²) in [5, 5.41) is 5.54. The Morgan fingerprint density at radius 3 is 2.50 bits per heavy atom. The lowest BCUT2D eigenvalue weighted by Crippen LogP contribution is -2.18. The van der Waals surface area contributed by atoms with Crippen LogP contribution in [0.25, 0.3) is 16.5 Å². The molecule has 0 aromatic heterocycles. The molecule has 0 heterocycles. The van der Waals surface area contributed by atoms with E-state index < -0.39 is 0 Å². The van der Waals surface area contributed by atoms with Gasteiger partial charge in [-0.05, 0) is 11.8 Å². The molecule has 1 aliphatic rings. The van der Waals surface area contributed by atoms with E-state index in [2.05, 4.69) is 30.4 Å². The van der Waals surface area contributed by atoms with E-state index >= 15 is 0 Å². The smallest absolute Gasteiger partial charge is 0.188 e. The van der Waals surface area contributed by atoms with Crippen molar-refractivity contribution in [3.63, 3.8) is 0 Å². The fraction of sp³-hybridized carbons (Fsp3) is 0.188. The van der Waals surface area contributed by atoms with Crippen LogP contribution in [0.4, 0.5) is 0 Å². The number of carbonyl (C=O) groups excluding carboxylic acids is 1. The lowest BCUT2D eigenvalue weighted by Gasteiger charge is -2.19. The molecule has 2 heteroatoms. The maximum Gasteiger partial charge on any atom is 0.188 e. The molecule has 90 valence electrons. The Balaban J connectivity index is 2.23. The minimum absolute atomic E-state index is 0.0953. The van der Waals surface area contributed by atoms with Crippen molar-refractivity contribution in [2.24, 2.45) is 0 Å². The van der Waals surface area contributed by atoms with Crippen LogP contribution in [-0.2, 0) is 0 Å². The normalized spacial score (nSPS) is 13.6. The van der Waals surface area contributed by atoms with Gasteiger partial charge in [-0.25, -0.2) is 0 Å². The van der Waals surface area contributed by atoms with Crippen LogP contribution < -0.4 is 5.32 Å². The summed E-state index contributed by atoms with van der Waals surface area (Å²) in [5.74, 6) is 0.0953. The van der Waals surface area contributed by atoms with Gasteiger partial charge in [0.15, 0.2) is 5.78 Å². The zero-order valence-electron chi connectivity index (χ0n) is 10.4. The Kier molecular flexibility index (Phi) is 2.63. The van der Waals surface area contributed by atoms with Crippen molar-refractivity contribution in [1.29, 1.82) is 0 Å². The van der Waals surface area contributed by atoms with Crippen molar-refractivity contribution in [2.45, 2.75) is 13.3 Å². The summed E-state index contributed by atoms with van der Waals surface area (Å²) < 4.78 is 0. The zero-order valence-corrected chi connectivity index (χ0v) is 10.4. The molecule has 0 saturated heterocycles. The molecule has 0 spiro atoms. The predicted molar refractivity (Wildman–Crippen MR) is 74.5 cm³/mol. The van der Waals surface area contributed by atoms with Crippen LogP contribution in [0.2, 0.25) is 0 Å². The predicted octanol–water partition coefficient (Wildman–Crippen LogP) is 3.38.